The van der Waals surface area contributed by atoms with Gasteiger partial charge in [-0.1, -0.05) is 5.57 Å². The second kappa shape index (κ2) is 10.8. The van der Waals surface area contributed by atoms with Crippen molar-refractivity contribution in [2.75, 3.05) is 79.9 Å². The SMILES string of the molecule is CC(C)=CC[N+]1(C)CCN(P(=O)(COCC2CN(C(C)(C)C)CC(C)O2)N(C)C)CC1. The number of piperazine rings is 1. The molecular weight excluding hydrogens is 411 g/mol. The number of ether oxygens (including phenoxy) is 2. The summed E-state index contributed by atoms with van der Waals surface area (Å²) in [6, 6.07) is 0. The normalized spacial score (nSPS) is 27.8. The van der Waals surface area contributed by atoms with Crippen LogP contribution in [0.25, 0.3) is 0 Å². The Morgan fingerprint density at radius 2 is 1.84 bits per heavy atom. The molecule has 2 heterocycles. The Bertz CT molecular complexity index is 650. The van der Waals surface area contributed by atoms with Gasteiger partial charge in [0, 0.05) is 18.6 Å². The highest BCUT2D eigenvalue weighted by molar-refractivity contribution is 7.58. The predicted octanol–water partition coefficient (Wildman–Crippen LogP) is 3.33. The lowest BCUT2D eigenvalue weighted by atomic mass is 10.0. The fourth-order valence-corrected chi connectivity index (χ4v) is 6.32. The lowest BCUT2D eigenvalue weighted by Gasteiger charge is -2.45. The molecule has 0 amide bonds. The molecule has 182 valence electrons. The van der Waals surface area contributed by atoms with Crippen molar-refractivity contribution >= 4 is 7.44 Å². The monoisotopic (exact) mass is 459 g/mol. The highest BCUT2D eigenvalue weighted by Crippen LogP contribution is 2.52. The van der Waals surface area contributed by atoms with Gasteiger partial charge < -0.3 is 14.0 Å². The molecule has 2 rings (SSSR count). The van der Waals surface area contributed by atoms with Gasteiger partial charge in [-0.05, 0) is 61.7 Å². The largest absolute Gasteiger partial charge is 0.370 e. The minimum atomic E-state index is -2.74. The summed E-state index contributed by atoms with van der Waals surface area (Å²) in [5, 5.41) is 0. The zero-order chi connectivity index (χ0) is 23.4. The summed E-state index contributed by atoms with van der Waals surface area (Å²) in [6.45, 7) is 20.1. The maximum atomic E-state index is 13.9. The number of allylic oxidation sites excluding steroid dienone is 1. The Hall–Kier alpha value is -0.270. The maximum absolute atomic E-state index is 13.9. The number of nitrogens with zero attached hydrogens (tertiary/aromatic N) is 4. The third-order valence-corrected chi connectivity index (χ3v) is 9.69. The van der Waals surface area contributed by atoms with E-state index in [0.29, 0.717) is 6.61 Å². The average molecular weight is 460 g/mol. The van der Waals surface area contributed by atoms with Crippen molar-refractivity contribution in [3.8, 4) is 0 Å². The molecule has 0 spiro atoms. The van der Waals surface area contributed by atoms with Crippen molar-refractivity contribution in [2.24, 2.45) is 0 Å². The third kappa shape index (κ3) is 7.63. The lowest BCUT2D eigenvalue weighted by molar-refractivity contribution is -0.907. The molecule has 8 heteroatoms. The van der Waals surface area contributed by atoms with Gasteiger partial charge in [0.15, 0.2) is 0 Å². The van der Waals surface area contributed by atoms with Crippen LogP contribution in [0.15, 0.2) is 11.6 Å². The molecule has 2 saturated heterocycles. The molecule has 0 aromatic rings. The smallest absolute Gasteiger partial charge is 0.241 e. The molecule has 31 heavy (non-hydrogen) atoms. The molecule has 0 saturated carbocycles. The fourth-order valence-electron chi connectivity index (χ4n) is 4.27. The highest BCUT2D eigenvalue weighted by atomic mass is 31.2. The zero-order valence-corrected chi connectivity index (χ0v) is 22.5. The average Bonchev–Trinajstić information content (AvgIpc) is 2.65. The lowest BCUT2D eigenvalue weighted by Crippen LogP contribution is -2.57. The van der Waals surface area contributed by atoms with Crippen LogP contribution in [0, 0.1) is 0 Å². The van der Waals surface area contributed by atoms with Crippen molar-refractivity contribution in [1.82, 2.24) is 14.2 Å². The number of quaternary nitrogens is 1. The van der Waals surface area contributed by atoms with E-state index in [9.17, 15) is 4.57 Å². The number of morpholine rings is 1. The van der Waals surface area contributed by atoms with Gasteiger partial charge >= 0.3 is 0 Å². The second-order valence-electron chi connectivity index (χ2n) is 11.1. The van der Waals surface area contributed by atoms with Gasteiger partial charge in [0.25, 0.3) is 0 Å². The predicted molar refractivity (Wildman–Crippen MR) is 130 cm³/mol. The molecule has 0 aromatic carbocycles. The summed E-state index contributed by atoms with van der Waals surface area (Å²) < 4.78 is 31.2. The summed E-state index contributed by atoms with van der Waals surface area (Å²) in [7, 11) is 3.39. The Labute approximate surface area is 191 Å². The summed E-state index contributed by atoms with van der Waals surface area (Å²) in [4.78, 5) is 2.45. The van der Waals surface area contributed by atoms with Gasteiger partial charge in [0.1, 0.15) is 6.35 Å². The van der Waals surface area contributed by atoms with Gasteiger partial charge in [-0.2, -0.15) is 0 Å². The van der Waals surface area contributed by atoms with Crippen LogP contribution in [-0.2, 0) is 14.0 Å². The molecule has 2 fully saturated rings. The Balaban J connectivity index is 1.92. The van der Waals surface area contributed by atoms with E-state index in [0.717, 1.165) is 50.3 Å². The van der Waals surface area contributed by atoms with Crippen molar-refractivity contribution in [2.45, 2.75) is 59.3 Å². The summed E-state index contributed by atoms with van der Waals surface area (Å²) in [6.07, 6.45) is 2.77. The van der Waals surface area contributed by atoms with Crippen LogP contribution >= 0.6 is 7.44 Å². The van der Waals surface area contributed by atoms with E-state index in [2.05, 4.69) is 64.2 Å². The van der Waals surface area contributed by atoms with Gasteiger partial charge in [-0.3, -0.25) is 9.46 Å². The maximum Gasteiger partial charge on any atom is 0.241 e. The van der Waals surface area contributed by atoms with Gasteiger partial charge in [-0.25, -0.2) is 9.34 Å². The molecule has 0 aromatic heterocycles. The Morgan fingerprint density at radius 1 is 1.23 bits per heavy atom. The molecule has 0 N–H and O–H groups in total. The molecular formula is C23H48N4O3P+. The van der Waals surface area contributed by atoms with Crippen LogP contribution in [0.4, 0.5) is 0 Å². The van der Waals surface area contributed by atoms with E-state index in [-0.39, 0.29) is 24.1 Å². The van der Waals surface area contributed by atoms with Gasteiger partial charge in [0.05, 0.1) is 58.6 Å². The van der Waals surface area contributed by atoms with Crippen molar-refractivity contribution < 1.29 is 18.5 Å². The van der Waals surface area contributed by atoms with Crippen molar-refractivity contribution in [3.05, 3.63) is 11.6 Å². The Kier molecular flexibility index (Phi) is 9.37. The molecule has 0 bridgehead atoms. The number of hydrogen-bond donors (Lipinski definition) is 0. The third-order valence-electron chi connectivity index (χ3n) is 6.64. The quantitative estimate of drug-likeness (QED) is 0.315. The second-order valence-corrected chi connectivity index (χ2v) is 14.1. The molecule has 0 radical (unpaired) electrons. The molecule has 2 aliphatic rings. The van der Waals surface area contributed by atoms with E-state index in [1.165, 1.54) is 5.57 Å². The number of likely N-dealkylation sites (N-methyl/N-ethyl adjacent to an activating group) is 1. The van der Waals surface area contributed by atoms with E-state index >= 15 is 0 Å². The molecule has 2 aliphatic heterocycles. The summed E-state index contributed by atoms with van der Waals surface area (Å²) in [5.74, 6) is 0. The first-order valence-electron chi connectivity index (χ1n) is 11.7. The highest BCUT2D eigenvalue weighted by Gasteiger charge is 2.40. The summed E-state index contributed by atoms with van der Waals surface area (Å²) >= 11 is 0. The Morgan fingerprint density at radius 3 is 2.35 bits per heavy atom. The van der Waals surface area contributed by atoms with Gasteiger partial charge in [-0.15, -0.1) is 0 Å². The minimum Gasteiger partial charge on any atom is -0.370 e. The van der Waals surface area contributed by atoms with Crippen molar-refractivity contribution in [3.63, 3.8) is 0 Å². The van der Waals surface area contributed by atoms with Gasteiger partial charge in [0.2, 0.25) is 7.44 Å². The molecule has 0 aliphatic carbocycles. The first-order chi connectivity index (χ1) is 14.2. The van der Waals surface area contributed by atoms with Crippen LogP contribution in [0.1, 0.15) is 41.5 Å². The van der Waals surface area contributed by atoms with E-state index in [1.807, 2.05) is 18.8 Å². The van der Waals surface area contributed by atoms with Crippen LogP contribution < -0.4 is 0 Å². The van der Waals surface area contributed by atoms with Crippen LogP contribution in [-0.4, -0.2) is 116 Å². The van der Waals surface area contributed by atoms with E-state index in [4.69, 9.17) is 9.47 Å². The first-order valence-corrected chi connectivity index (χ1v) is 13.5. The fraction of sp³-hybridized carbons (Fsp3) is 0.913. The minimum absolute atomic E-state index is 0.0176. The van der Waals surface area contributed by atoms with Crippen LogP contribution in [0.3, 0.4) is 0 Å². The van der Waals surface area contributed by atoms with Crippen LogP contribution in [0.2, 0.25) is 0 Å². The molecule has 7 nitrogen and oxygen atoms in total. The number of rotatable bonds is 8. The van der Waals surface area contributed by atoms with Crippen LogP contribution in [0.5, 0.6) is 0 Å². The number of hydrogen-bond acceptors (Lipinski definition) is 4. The topological polar surface area (TPSA) is 45.3 Å². The molecule has 3 atom stereocenters. The van der Waals surface area contributed by atoms with E-state index < -0.39 is 7.44 Å². The van der Waals surface area contributed by atoms with Crippen molar-refractivity contribution in [1.29, 1.82) is 0 Å². The summed E-state index contributed by atoms with van der Waals surface area (Å²) in [5.41, 5.74) is 1.47. The standard InChI is InChI=1S/C23H48N4O3P/c1-20(2)10-13-27(9)14-11-26(12-15-27)31(28,24(7)8)19-29-18-22-17-25(23(4,5)6)16-21(3)30-22/h10,21-22H,11-19H2,1-9H3/q+1. The van der Waals surface area contributed by atoms with E-state index in [1.54, 1.807) is 0 Å². The first kappa shape index (κ1) is 27.0. The zero-order valence-electron chi connectivity index (χ0n) is 21.6. The molecule has 3 unspecified atom stereocenters.